The zero-order valence-corrected chi connectivity index (χ0v) is 12.8. The average Bonchev–Trinajstić information content (AvgIpc) is 3.16. The zero-order chi connectivity index (χ0) is 16.2. The number of furan rings is 1. The third kappa shape index (κ3) is 4.12. The van der Waals surface area contributed by atoms with Crippen molar-refractivity contribution in [2.75, 3.05) is 10.6 Å². The monoisotopic (exact) mass is 313 g/mol. The molecule has 23 heavy (non-hydrogen) atoms. The molecule has 1 atom stereocenters. The lowest BCUT2D eigenvalue weighted by Gasteiger charge is -2.16. The maximum Gasteiger partial charge on any atom is 0.258 e. The second kappa shape index (κ2) is 6.56. The van der Waals surface area contributed by atoms with Crippen LogP contribution in [0.4, 0.5) is 11.4 Å². The Morgan fingerprint density at radius 2 is 2.00 bits per heavy atom. The van der Waals surface area contributed by atoms with E-state index in [0.717, 1.165) is 18.5 Å². The average molecular weight is 313 g/mol. The van der Waals surface area contributed by atoms with Crippen LogP contribution >= 0.6 is 0 Å². The highest BCUT2D eigenvalue weighted by molar-refractivity contribution is 6.04. The molecule has 1 aromatic carbocycles. The summed E-state index contributed by atoms with van der Waals surface area (Å²) in [4.78, 5) is 24.0. The number of carbonyl (C=O) groups is 2. The van der Waals surface area contributed by atoms with Crippen LogP contribution in [0.3, 0.4) is 0 Å². The van der Waals surface area contributed by atoms with E-state index in [0.29, 0.717) is 17.3 Å². The van der Waals surface area contributed by atoms with Crippen LogP contribution in [0.1, 0.15) is 30.1 Å². The van der Waals surface area contributed by atoms with Crippen molar-refractivity contribution in [2.45, 2.75) is 31.8 Å². The Balaban J connectivity index is 1.60. The molecule has 0 saturated heterocycles. The van der Waals surface area contributed by atoms with E-state index < -0.39 is 0 Å². The van der Waals surface area contributed by atoms with Crippen LogP contribution in [0.15, 0.2) is 47.3 Å². The van der Waals surface area contributed by atoms with Gasteiger partial charge >= 0.3 is 0 Å². The van der Waals surface area contributed by atoms with Crippen molar-refractivity contribution >= 4 is 23.2 Å². The van der Waals surface area contributed by atoms with Crippen LogP contribution in [0, 0.1) is 0 Å². The predicted octanol–water partition coefficient (Wildman–Crippen LogP) is 2.61. The minimum Gasteiger partial charge on any atom is -0.472 e. The third-order valence-corrected chi connectivity index (χ3v) is 3.60. The molecule has 1 heterocycles. The number of hydrogen-bond donors (Lipinski definition) is 3. The van der Waals surface area contributed by atoms with E-state index in [9.17, 15) is 9.59 Å². The molecule has 6 heteroatoms. The summed E-state index contributed by atoms with van der Waals surface area (Å²) >= 11 is 0. The number of rotatable bonds is 6. The molecule has 1 fully saturated rings. The van der Waals surface area contributed by atoms with Gasteiger partial charge in [0.05, 0.1) is 11.8 Å². The predicted molar refractivity (Wildman–Crippen MR) is 87.4 cm³/mol. The first-order valence-corrected chi connectivity index (χ1v) is 7.62. The number of amides is 2. The van der Waals surface area contributed by atoms with Gasteiger partial charge in [-0.05, 0) is 44.0 Å². The highest BCUT2D eigenvalue weighted by Crippen LogP contribution is 2.20. The van der Waals surface area contributed by atoms with Crippen LogP contribution in [0.25, 0.3) is 0 Å². The van der Waals surface area contributed by atoms with Crippen LogP contribution in [0.2, 0.25) is 0 Å². The van der Waals surface area contributed by atoms with Gasteiger partial charge in [-0.1, -0.05) is 6.07 Å². The van der Waals surface area contributed by atoms with E-state index in [4.69, 9.17) is 4.42 Å². The largest absolute Gasteiger partial charge is 0.472 e. The molecule has 1 aromatic heterocycles. The van der Waals surface area contributed by atoms with Crippen LogP contribution < -0.4 is 16.0 Å². The molecular formula is C17H19N3O3. The van der Waals surface area contributed by atoms with E-state index in [-0.39, 0.29) is 17.9 Å². The molecule has 6 nitrogen and oxygen atoms in total. The van der Waals surface area contributed by atoms with Gasteiger partial charge in [-0.15, -0.1) is 0 Å². The summed E-state index contributed by atoms with van der Waals surface area (Å²) in [5.41, 5.74) is 1.88. The maximum absolute atomic E-state index is 12.0. The highest BCUT2D eigenvalue weighted by Gasteiger charge is 2.25. The van der Waals surface area contributed by atoms with E-state index >= 15 is 0 Å². The summed E-state index contributed by atoms with van der Waals surface area (Å²) in [5, 5.41) is 8.89. The molecule has 0 unspecified atom stereocenters. The molecule has 3 N–H and O–H groups in total. The van der Waals surface area contributed by atoms with Crippen LogP contribution in [-0.4, -0.2) is 23.9 Å². The number of nitrogens with one attached hydrogen (secondary N) is 3. The molecule has 0 radical (unpaired) electrons. The SMILES string of the molecule is C[C@H](Nc1cccc(NC(=O)c2ccoc2)c1)C(=O)NC1CC1. The smallest absolute Gasteiger partial charge is 0.258 e. The van der Waals surface area contributed by atoms with E-state index in [2.05, 4.69) is 16.0 Å². The lowest BCUT2D eigenvalue weighted by molar-refractivity contribution is -0.121. The van der Waals surface area contributed by atoms with Crippen molar-refractivity contribution in [3.63, 3.8) is 0 Å². The van der Waals surface area contributed by atoms with Gasteiger partial charge in [-0.3, -0.25) is 9.59 Å². The molecular weight excluding hydrogens is 294 g/mol. The van der Waals surface area contributed by atoms with Gasteiger partial charge < -0.3 is 20.4 Å². The van der Waals surface area contributed by atoms with Gasteiger partial charge in [0.2, 0.25) is 5.91 Å². The second-order valence-corrected chi connectivity index (χ2v) is 5.70. The van der Waals surface area contributed by atoms with E-state index in [1.807, 2.05) is 19.1 Å². The highest BCUT2D eigenvalue weighted by atomic mass is 16.3. The van der Waals surface area contributed by atoms with Crippen molar-refractivity contribution in [3.8, 4) is 0 Å². The van der Waals surface area contributed by atoms with Crippen molar-refractivity contribution in [2.24, 2.45) is 0 Å². The van der Waals surface area contributed by atoms with Crippen LogP contribution in [-0.2, 0) is 4.79 Å². The molecule has 0 bridgehead atoms. The topological polar surface area (TPSA) is 83.4 Å². The van der Waals surface area contributed by atoms with Gasteiger partial charge in [-0.2, -0.15) is 0 Å². The lowest BCUT2D eigenvalue weighted by Crippen LogP contribution is -2.38. The minimum atomic E-state index is -0.338. The van der Waals surface area contributed by atoms with E-state index in [1.165, 1.54) is 12.5 Å². The summed E-state index contributed by atoms with van der Waals surface area (Å²) in [6.45, 7) is 1.81. The van der Waals surface area contributed by atoms with Crippen molar-refractivity contribution in [3.05, 3.63) is 48.4 Å². The maximum atomic E-state index is 12.0. The van der Waals surface area contributed by atoms with Crippen molar-refractivity contribution < 1.29 is 14.0 Å². The quantitative estimate of drug-likeness (QED) is 0.765. The van der Waals surface area contributed by atoms with Gasteiger partial charge in [0.1, 0.15) is 12.3 Å². The first kappa shape index (κ1) is 15.1. The Morgan fingerprint density at radius 1 is 1.22 bits per heavy atom. The van der Waals surface area contributed by atoms with Gasteiger partial charge in [0.15, 0.2) is 0 Å². The first-order chi connectivity index (χ1) is 11.1. The Morgan fingerprint density at radius 3 is 2.70 bits per heavy atom. The normalized spacial score (nSPS) is 14.8. The fraction of sp³-hybridized carbons (Fsp3) is 0.294. The minimum absolute atomic E-state index is 0.0136. The standard InChI is InChI=1S/C17H19N3O3/c1-11(16(21)19-13-5-6-13)18-14-3-2-4-15(9-14)20-17(22)12-7-8-23-10-12/h2-4,7-11,13,18H,5-6H2,1H3,(H,19,21)(H,20,22)/t11-/m0/s1. The summed E-state index contributed by atoms with van der Waals surface area (Å²) in [6.07, 6.45) is 4.97. The summed E-state index contributed by atoms with van der Waals surface area (Å²) in [6, 6.07) is 8.86. The summed E-state index contributed by atoms with van der Waals surface area (Å²) in [7, 11) is 0. The first-order valence-electron chi connectivity index (χ1n) is 7.62. The fourth-order valence-electron chi connectivity index (χ4n) is 2.15. The van der Waals surface area contributed by atoms with Crippen LogP contribution in [0.5, 0.6) is 0 Å². The molecule has 2 amide bonds. The number of anilines is 2. The molecule has 3 rings (SSSR count). The lowest BCUT2D eigenvalue weighted by atomic mass is 10.2. The number of benzene rings is 1. The van der Waals surface area contributed by atoms with Gasteiger partial charge in [0, 0.05) is 17.4 Å². The molecule has 1 saturated carbocycles. The molecule has 1 aliphatic rings. The molecule has 1 aliphatic carbocycles. The van der Waals surface area contributed by atoms with Crippen molar-refractivity contribution in [1.82, 2.24) is 5.32 Å². The van der Waals surface area contributed by atoms with E-state index in [1.54, 1.807) is 18.2 Å². The Kier molecular flexibility index (Phi) is 4.32. The Hall–Kier alpha value is -2.76. The summed E-state index contributed by atoms with van der Waals surface area (Å²) in [5.74, 6) is -0.254. The molecule has 2 aromatic rings. The zero-order valence-electron chi connectivity index (χ0n) is 12.8. The third-order valence-electron chi connectivity index (χ3n) is 3.60. The molecule has 0 aliphatic heterocycles. The number of hydrogen-bond acceptors (Lipinski definition) is 4. The number of carbonyl (C=O) groups excluding carboxylic acids is 2. The van der Waals surface area contributed by atoms with Gasteiger partial charge in [0.25, 0.3) is 5.91 Å². The Bertz CT molecular complexity index is 693. The second-order valence-electron chi connectivity index (χ2n) is 5.70. The Labute approximate surface area is 134 Å². The summed E-state index contributed by atoms with van der Waals surface area (Å²) < 4.78 is 4.90. The van der Waals surface area contributed by atoms with Gasteiger partial charge in [-0.25, -0.2) is 0 Å². The van der Waals surface area contributed by atoms with Crippen molar-refractivity contribution in [1.29, 1.82) is 0 Å². The molecule has 0 spiro atoms. The fourth-order valence-corrected chi connectivity index (χ4v) is 2.15. The molecule has 120 valence electrons.